The average Bonchev–Trinajstić information content (AvgIpc) is 2.28. The number of nitrogen functional groups attached to an aromatic ring is 1. The van der Waals surface area contributed by atoms with E-state index in [1.807, 2.05) is 0 Å². The highest BCUT2D eigenvalue weighted by atomic mass is 32.2. The quantitative estimate of drug-likeness (QED) is 0.380. The zero-order valence-electron chi connectivity index (χ0n) is 9.27. The van der Waals surface area contributed by atoms with Crippen molar-refractivity contribution in [2.45, 2.75) is 17.1 Å². The predicted molar refractivity (Wildman–Crippen MR) is 64.0 cm³/mol. The van der Waals surface area contributed by atoms with E-state index in [1.165, 1.54) is 0 Å². The molecular weight excluding hydrogens is 256 g/mol. The summed E-state index contributed by atoms with van der Waals surface area (Å²) in [7, 11) is 0. The molecule has 0 amide bonds. The molecule has 0 aliphatic carbocycles. The first-order chi connectivity index (χ1) is 8.56. The number of nitrogens with two attached hydrogens (primary N) is 1. The molecule has 0 spiro atoms. The fourth-order valence-corrected chi connectivity index (χ4v) is 1.98. The van der Waals surface area contributed by atoms with Crippen LogP contribution in [0.25, 0.3) is 0 Å². The maximum Gasteiger partial charge on any atom is 0.320 e. The summed E-state index contributed by atoms with van der Waals surface area (Å²) in [5.41, 5.74) is 5.95. The van der Waals surface area contributed by atoms with Gasteiger partial charge in [-0.3, -0.25) is 10.1 Å². The van der Waals surface area contributed by atoms with Gasteiger partial charge in [-0.15, -0.1) is 0 Å². The third-order valence-corrected chi connectivity index (χ3v) is 2.78. The number of rotatable bonds is 3. The van der Waals surface area contributed by atoms with Crippen molar-refractivity contribution in [2.75, 3.05) is 5.73 Å². The molecule has 0 atom stereocenters. The highest BCUT2D eigenvalue weighted by Gasteiger charge is 2.18. The summed E-state index contributed by atoms with van der Waals surface area (Å²) in [6.45, 7) is 1.80. The molecule has 9 heteroatoms. The van der Waals surface area contributed by atoms with Gasteiger partial charge in [0.05, 0.1) is 4.92 Å². The van der Waals surface area contributed by atoms with Crippen LogP contribution in [0.5, 0.6) is 0 Å². The summed E-state index contributed by atoms with van der Waals surface area (Å²) in [5.74, 6) is -0.0317. The van der Waals surface area contributed by atoms with Crippen molar-refractivity contribution in [3.05, 3.63) is 34.3 Å². The lowest BCUT2D eigenvalue weighted by Crippen LogP contribution is -2.00. The fourth-order valence-electron chi connectivity index (χ4n) is 1.13. The number of aromatic nitrogens is 4. The number of aryl methyl sites for hydroxylation is 1. The van der Waals surface area contributed by atoms with Crippen LogP contribution in [0, 0.1) is 17.0 Å². The maximum absolute atomic E-state index is 10.8. The minimum absolute atomic E-state index is 0.0317. The van der Waals surface area contributed by atoms with E-state index in [0.717, 1.165) is 23.7 Å². The van der Waals surface area contributed by atoms with E-state index >= 15 is 0 Å². The molecule has 8 nitrogen and oxygen atoms in total. The number of hydrogen-bond acceptors (Lipinski definition) is 8. The van der Waals surface area contributed by atoms with Crippen molar-refractivity contribution in [3.8, 4) is 0 Å². The van der Waals surface area contributed by atoms with Gasteiger partial charge in [0.25, 0.3) is 0 Å². The zero-order valence-corrected chi connectivity index (χ0v) is 10.1. The van der Waals surface area contributed by atoms with Crippen molar-refractivity contribution >= 4 is 23.4 Å². The van der Waals surface area contributed by atoms with E-state index < -0.39 is 4.92 Å². The van der Waals surface area contributed by atoms with Gasteiger partial charge in [0.1, 0.15) is 6.20 Å². The molecule has 0 aliphatic rings. The van der Waals surface area contributed by atoms with Crippen LogP contribution < -0.4 is 5.73 Å². The summed E-state index contributed by atoms with van der Waals surface area (Å²) in [4.78, 5) is 25.8. The van der Waals surface area contributed by atoms with Gasteiger partial charge in [-0.05, 0) is 24.8 Å². The van der Waals surface area contributed by atoms with Gasteiger partial charge >= 0.3 is 5.69 Å². The van der Waals surface area contributed by atoms with E-state index in [-0.39, 0.29) is 16.7 Å². The Kier molecular flexibility index (Phi) is 3.33. The second kappa shape index (κ2) is 4.92. The lowest BCUT2D eigenvalue weighted by molar-refractivity contribution is -0.388. The van der Waals surface area contributed by atoms with Gasteiger partial charge in [-0.1, -0.05) is 0 Å². The summed E-state index contributed by atoms with van der Waals surface area (Å²) < 4.78 is 0. The van der Waals surface area contributed by atoms with Crippen LogP contribution in [-0.4, -0.2) is 24.9 Å². The van der Waals surface area contributed by atoms with Gasteiger partial charge in [0, 0.05) is 11.9 Å². The largest absolute Gasteiger partial charge is 0.368 e. The summed E-state index contributed by atoms with van der Waals surface area (Å²) in [5, 5.41) is 11.3. The van der Waals surface area contributed by atoms with Gasteiger partial charge in [-0.2, -0.15) is 4.98 Å². The molecule has 2 heterocycles. The van der Waals surface area contributed by atoms with Crippen molar-refractivity contribution in [1.82, 2.24) is 19.9 Å². The molecule has 92 valence electrons. The second-order valence-corrected chi connectivity index (χ2v) is 4.21. The minimum atomic E-state index is -0.572. The average molecular weight is 264 g/mol. The van der Waals surface area contributed by atoms with Crippen molar-refractivity contribution in [3.63, 3.8) is 0 Å². The van der Waals surface area contributed by atoms with Gasteiger partial charge < -0.3 is 5.73 Å². The number of anilines is 1. The Bertz CT molecular complexity index is 605. The van der Waals surface area contributed by atoms with Crippen LogP contribution in [-0.2, 0) is 0 Å². The fraction of sp³-hybridized carbons (Fsp3) is 0.111. The van der Waals surface area contributed by atoms with Gasteiger partial charge in [0.2, 0.25) is 5.95 Å². The first kappa shape index (κ1) is 12.2. The van der Waals surface area contributed by atoms with E-state index in [1.54, 1.807) is 19.2 Å². The molecular formula is C9H8N6O2S. The lowest BCUT2D eigenvalue weighted by atomic mass is 10.5. The smallest absolute Gasteiger partial charge is 0.320 e. The Morgan fingerprint density at radius 1 is 1.39 bits per heavy atom. The lowest BCUT2D eigenvalue weighted by Gasteiger charge is -2.01. The first-order valence-electron chi connectivity index (χ1n) is 4.80. The third-order valence-electron chi connectivity index (χ3n) is 1.91. The first-order valence-corrected chi connectivity index (χ1v) is 5.62. The zero-order chi connectivity index (χ0) is 13.1. The normalized spacial score (nSPS) is 10.3. The molecule has 2 aromatic rings. The number of hydrogen-bond donors (Lipinski definition) is 1. The van der Waals surface area contributed by atoms with Crippen molar-refractivity contribution in [2.24, 2.45) is 0 Å². The second-order valence-electron chi connectivity index (χ2n) is 3.26. The molecule has 0 fully saturated rings. The molecule has 0 aliphatic heterocycles. The van der Waals surface area contributed by atoms with Crippen LogP contribution in [0.2, 0.25) is 0 Å². The molecule has 2 aromatic heterocycles. The van der Waals surface area contributed by atoms with Crippen LogP contribution in [0.1, 0.15) is 5.69 Å². The van der Waals surface area contributed by atoms with Crippen LogP contribution in [0.4, 0.5) is 11.6 Å². The molecule has 0 saturated heterocycles. The Balaban J connectivity index is 2.39. The maximum atomic E-state index is 10.8. The van der Waals surface area contributed by atoms with Gasteiger partial charge in [0.15, 0.2) is 10.2 Å². The summed E-state index contributed by atoms with van der Waals surface area (Å²) in [6.07, 6.45) is 2.64. The Morgan fingerprint density at radius 2 is 2.17 bits per heavy atom. The molecule has 0 unspecified atom stereocenters. The molecule has 0 radical (unpaired) electrons. The monoisotopic (exact) mass is 264 g/mol. The van der Waals surface area contributed by atoms with Gasteiger partial charge in [-0.25, -0.2) is 15.0 Å². The van der Waals surface area contributed by atoms with Crippen LogP contribution >= 0.6 is 11.8 Å². The molecule has 0 bridgehead atoms. The highest BCUT2D eigenvalue weighted by Crippen LogP contribution is 2.30. The number of nitrogens with zero attached hydrogens (tertiary/aromatic N) is 5. The summed E-state index contributed by atoms with van der Waals surface area (Å²) >= 11 is 0.976. The molecule has 18 heavy (non-hydrogen) atoms. The Labute approximate surface area is 106 Å². The van der Waals surface area contributed by atoms with E-state index in [2.05, 4.69) is 19.9 Å². The van der Waals surface area contributed by atoms with Crippen molar-refractivity contribution < 1.29 is 4.92 Å². The Hall–Kier alpha value is -2.29. The van der Waals surface area contributed by atoms with Crippen LogP contribution in [0.3, 0.4) is 0 Å². The Morgan fingerprint density at radius 3 is 2.83 bits per heavy atom. The van der Waals surface area contributed by atoms with E-state index in [0.29, 0.717) is 5.16 Å². The molecule has 0 aromatic carbocycles. The van der Waals surface area contributed by atoms with Crippen molar-refractivity contribution in [1.29, 1.82) is 0 Å². The summed E-state index contributed by atoms with van der Waals surface area (Å²) in [6, 6.07) is 1.73. The standard InChI is InChI=1S/C9H8N6O2S/c1-5-2-3-11-9(13-5)18-7-6(15(16)17)4-12-8(10)14-7/h2-4H,1H3,(H2,10,12,14). The molecule has 2 rings (SSSR count). The van der Waals surface area contributed by atoms with Crippen LogP contribution in [0.15, 0.2) is 28.6 Å². The third kappa shape index (κ3) is 2.69. The predicted octanol–water partition coefficient (Wildman–Crippen LogP) is 1.22. The van der Waals surface area contributed by atoms with E-state index in [4.69, 9.17) is 5.73 Å². The van der Waals surface area contributed by atoms with E-state index in [9.17, 15) is 10.1 Å². The molecule has 0 saturated carbocycles. The highest BCUT2D eigenvalue weighted by molar-refractivity contribution is 7.99. The minimum Gasteiger partial charge on any atom is -0.368 e. The molecule has 2 N–H and O–H groups in total. The topological polar surface area (TPSA) is 121 Å². The number of nitro groups is 1. The SMILES string of the molecule is Cc1ccnc(Sc2nc(N)ncc2[N+](=O)[O-])n1.